The monoisotopic (exact) mass is 297 g/mol. The van der Waals surface area contributed by atoms with Gasteiger partial charge in [-0.2, -0.15) is 0 Å². The van der Waals surface area contributed by atoms with Crippen LogP contribution in [0.25, 0.3) is 0 Å². The van der Waals surface area contributed by atoms with Crippen LogP contribution in [0.15, 0.2) is 11.6 Å². The van der Waals surface area contributed by atoms with E-state index >= 15 is 0 Å². The second-order valence-electron chi connectivity index (χ2n) is 5.17. The van der Waals surface area contributed by atoms with Gasteiger partial charge in [-0.1, -0.05) is 6.92 Å². The number of aromatic nitrogens is 1. The highest BCUT2D eigenvalue weighted by molar-refractivity contribution is 7.09. The molecule has 0 bridgehead atoms. The first-order valence-corrected chi connectivity index (χ1v) is 7.60. The van der Waals surface area contributed by atoms with E-state index in [0.29, 0.717) is 19.4 Å². The number of hydrogen-bond acceptors (Lipinski definition) is 4. The number of nitrogens with zero attached hydrogens (tertiary/aromatic N) is 1. The number of urea groups is 1. The van der Waals surface area contributed by atoms with Crippen molar-refractivity contribution >= 4 is 23.3 Å². The summed E-state index contributed by atoms with van der Waals surface area (Å²) in [5, 5.41) is 17.5. The number of nitrogens with one attached hydrogen (secondary N) is 2. The number of thiazole rings is 1. The van der Waals surface area contributed by atoms with E-state index in [4.69, 9.17) is 5.11 Å². The van der Waals surface area contributed by atoms with Gasteiger partial charge in [-0.05, 0) is 19.3 Å². The molecule has 0 spiro atoms. The molecule has 7 heteroatoms. The quantitative estimate of drug-likeness (QED) is 0.773. The molecule has 0 aromatic carbocycles. The lowest BCUT2D eigenvalue weighted by Crippen LogP contribution is -2.42. The molecule has 20 heavy (non-hydrogen) atoms. The molecule has 3 N–H and O–H groups in total. The van der Waals surface area contributed by atoms with E-state index in [0.717, 1.165) is 11.4 Å². The summed E-state index contributed by atoms with van der Waals surface area (Å²) in [7, 11) is 0. The normalized spacial score (nSPS) is 23.2. The molecule has 110 valence electrons. The molecule has 0 saturated heterocycles. The standard InChI is InChI=1S/C13H19N3O3S/c1-8(11-14-4-5-20-11)7-15-13(19)16-10-3-2-9(6-10)12(17)18/h4-5,8-10H,2-3,6-7H2,1H3,(H,17,18)(H2,15,16,19)/t8?,9-,10+/m1/s1. The van der Waals surface area contributed by atoms with Crippen LogP contribution in [0.3, 0.4) is 0 Å². The lowest BCUT2D eigenvalue weighted by molar-refractivity contribution is -0.141. The van der Waals surface area contributed by atoms with E-state index in [9.17, 15) is 9.59 Å². The van der Waals surface area contributed by atoms with E-state index in [-0.39, 0.29) is 23.9 Å². The molecule has 1 aliphatic rings. The topological polar surface area (TPSA) is 91.3 Å². The van der Waals surface area contributed by atoms with Crippen molar-refractivity contribution in [3.05, 3.63) is 16.6 Å². The summed E-state index contributed by atoms with van der Waals surface area (Å²) in [6, 6.07) is -0.268. The molecular formula is C13H19N3O3S. The Balaban J connectivity index is 1.70. The van der Waals surface area contributed by atoms with Gasteiger partial charge in [0.25, 0.3) is 0 Å². The number of hydrogen-bond donors (Lipinski definition) is 3. The molecular weight excluding hydrogens is 278 g/mol. The van der Waals surface area contributed by atoms with Gasteiger partial charge >= 0.3 is 12.0 Å². The Kier molecular flexibility index (Phi) is 4.94. The van der Waals surface area contributed by atoms with Crippen molar-refractivity contribution in [2.24, 2.45) is 5.92 Å². The summed E-state index contributed by atoms with van der Waals surface area (Å²) in [6.07, 6.45) is 3.63. The Labute approximate surface area is 121 Å². The minimum absolute atomic E-state index is 0.0359. The zero-order chi connectivity index (χ0) is 14.5. The third-order valence-electron chi connectivity index (χ3n) is 3.56. The van der Waals surface area contributed by atoms with E-state index in [1.807, 2.05) is 12.3 Å². The third-order valence-corrected chi connectivity index (χ3v) is 4.57. The average molecular weight is 297 g/mol. The van der Waals surface area contributed by atoms with Gasteiger partial charge in [-0.25, -0.2) is 9.78 Å². The van der Waals surface area contributed by atoms with Crippen LogP contribution in [0.5, 0.6) is 0 Å². The van der Waals surface area contributed by atoms with Crippen molar-refractivity contribution in [1.82, 2.24) is 15.6 Å². The van der Waals surface area contributed by atoms with E-state index in [1.165, 1.54) is 0 Å². The lowest BCUT2D eigenvalue weighted by atomic mass is 10.1. The van der Waals surface area contributed by atoms with Gasteiger partial charge in [-0.3, -0.25) is 4.79 Å². The third kappa shape index (κ3) is 3.93. The first-order chi connectivity index (χ1) is 9.56. The summed E-state index contributed by atoms with van der Waals surface area (Å²) < 4.78 is 0. The molecule has 2 rings (SSSR count). The molecule has 3 atom stereocenters. The number of carboxylic acid groups (broad SMARTS) is 1. The largest absolute Gasteiger partial charge is 0.481 e. The van der Waals surface area contributed by atoms with Gasteiger partial charge in [0.2, 0.25) is 0 Å². The Hall–Kier alpha value is -1.63. The second-order valence-corrected chi connectivity index (χ2v) is 6.10. The minimum atomic E-state index is -0.771. The van der Waals surface area contributed by atoms with Crippen LogP contribution in [0.2, 0.25) is 0 Å². The SMILES string of the molecule is CC(CNC(=O)N[C@H]1CC[C@@H](C(=O)O)C1)c1nccs1. The molecule has 1 saturated carbocycles. The van der Waals surface area contributed by atoms with Gasteiger partial charge in [0, 0.05) is 30.1 Å². The van der Waals surface area contributed by atoms with Crippen LogP contribution in [0.1, 0.15) is 37.1 Å². The van der Waals surface area contributed by atoms with Crippen molar-refractivity contribution in [3.63, 3.8) is 0 Å². The number of rotatable bonds is 5. The fourth-order valence-corrected chi connectivity index (χ4v) is 3.08. The molecule has 1 aliphatic carbocycles. The smallest absolute Gasteiger partial charge is 0.315 e. The molecule has 2 amide bonds. The summed E-state index contributed by atoms with van der Waals surface area (Å²) in [4.78, 5) is 26.8. The maximum absolute atomic E-state index is 11.8. The molecule has 1 fully saturated rings. The fraction of sp³-hybridized carbons (Fsp3) is 0.615. The molecule has 1 aromatic heterocycles. The highest BCUT2D eigenvalue weighted by Crippen LogP contribution is 2.25. The van der Waals surface area contributed by atoms with Crippen LogP contribution >= 0.6 is 11.3 Å². The summed E-state index contributed by atoms with van der Waals surface area (Å²) >= 11 is 1.57. The van der Waals surface area contributed by atoms with Gasteiger partial charge < -0.3 is 15.7 Å². The van der Waals surface area contributed by atoms with E-state index in [1.54, 1.807) is 17.5 Å². The number of carbonyl (C=O) groups excluding carboxylic acids is 1. The maximum atomic E-state index is 11.8. The van der Waals surface area contributed by atoms with Crippen molar-refractivity contribution < 1.29 is 14.7 Å². The number of carbonyl (C=O) groups is 2. The summed E-state index contributed by atoms with van der Waals surface area (Å²) in [5.74, 6) is -0.919. The number of amides is 2. The Bertz CT molecular complexity index is 463. The lowest BCUT2D eigenvalue weighted by Gasteiger charge is -2.15. The second kappa shape index (κ2) is 6.69. The van der Waals surface area contributed by atoms with Gasteiger partial charge in [0.1, 0.15) is 0 Å². The predicted octanol–water partition coefficient (Wildman–Crippen LogP) is 1.80. The van der Waals surface area contributed by atoms with E-state index < -0.39 is 5.97 Å². The van der Waals surface area contributed by atoms with Gasteiger partial charge in [-0.15, -0.1) is 11.3 Å². The molecule has 0 radical (unpaired) electrons. The fourth-order valence-electron chi connectivity index (χ4n) is 2.38. The zero-order valence-electron chi connectivity index (χ0n) is 11.3. The van der Waals surface area contributed by atoms with Crippen LogP contribution in [0, 0.1) is 5.92 Å². The number of aliphatic carboxylic acids is 1. The van der Waals surface area contributed by atoms with Crippen LogP contribution in [0.4, 0.5) is 4.79 Å². The van der Waals surface area contributed by atoms with Gasteiger partial charge in [0.05, 0.1) is 10.9 Å². The van der Waals surface area contributed by atoms with Crippen LogP contribution < -0.4 is 10.6 Å². The van der Waals surface area contributed by atoms with Crippen molar-refractivity contribution in [3.8, 4) is 0 Å². The van der Waals surface area contributed by atoms with Crippen LogP contribution in [-0.2, 0) is 4.79 Å². The Morgan fingerprint density at radius 1 is 1.55 bits per heavy atom. The molecule has 1 heterocycles. The first kappa shape index (κ1) is 14.8. The number of carboxylic acids is 1. The van der Waals surface area contributed by atoms with Crippen molar-refractivity contribution in [2.45, 2.75) is 38.1 Å². The van der Waals surface area contributed by atoms with Crippen LogP contribution in [-0.4, -0.2) is 34.7 Å². The maximum Gasteiger partial charge on any atom is 0.315 e. The zero-order valence-corrected chi connectivity index (χ0v) is 12.2. The molecule has 6 nitrogen and oxygen atoms in total. The highest BCUT2D eigenvalue weighted by Gasteiger charge is 2.30. The van der Waals surface area contributed by atoms with Crippen molar-refractivity contribution in [2.75, 3.05) is 6.54 Å². The summed E-state index contributed by atoms with van der Waals surface area (Å²) in [5.41, 5.74) is 0. The Morgan fingerprint density at radius 3 is 2.95 bits per heavy atom. The predicted molar refractivity (Wildman–Crippen MR) is 75.8 cm³/mol. The average Bonchev–Trinajstić information content (AvgIpc) is 3.06. The minimum Gasteiger partial charge on any atom is -0.481 e. The highest BCUT2D eigenvalue weighted by atomic mass is 32.1. The van der Waals surface area contributed by atoms with Gasteiger partial charge in [0.15, 0.2) is 0 Å². The summed E-state index contributed by atoms with van der Waals surface area (Å²) in [6.45, 7) is 2.53. The molecule has 1 unspecified atom stereocenters. The molecule has 0 aliphatic heterocycles. The first-order valence-electron chi connectivity index (χ1n) is 6.72. The Morgan fingerprint density at radius 2 is 2.35 bits per heavy atom. The van der Waals surface area contributed by atoms with E-state index in [2.05, 4.69) is 15.6 Å². The molecule has 1 aromatic rings. The van der Waals surface area contributed by atoms with Crippen molar-refractivity contribution in [1.29, 1.82) is 0 Å².